The van der Waals surface area contributed by atoms with Gasteiger partial charge in [0.25, 0.3) is 11.5 Å². The zero-order valence-corrected chi connectivity index (χ0v) is 20.2. The van der Waals surface area contributed by atoms with Gasteiger partial charge in [-0.25, -0.2) is 9.67 Å². The molecular weight excluding hydrogens is 452 g/mol. The van der Waals surface area contributed by atoms with Gasteiger partial charge in [-0.05, 0) is 38.5 Å². The molecule has 0 aliphatic carbocycles. The first-order valence-corrected chi connectivity index (χ1v) is 11.4. The van der Waals surface area contributed by atoms with Gasteiger partial charge >= 0.3 is 0 Å². The molecular formula is C25H22N4O4S. The number of rotatable bonds is 4. The van der Waals surface area contributed by atoms with Gasteiger partial charge in [0.05, 0.1) is 29.7 Å². The Morgan fingerprint density at radius 3 is 2.62 bits per heavy atom. The molecule has 0 atom stereocenters. The molecule has 0 fully saturated rings. The van der Waals surface area contributed by atoms with Crippen LogP contribution in [0.4, 0.5) is 5.69 Å². The molecule has 2 aromatic carbocycles. The summed E-state index contributed by atoms with van der Waals surface area (Å²) >= 11 is 1.18. The van der Waals surface area contributed by atoms with E-state index in [-0.39, 0.29) is 11.5 Å². The standard InChI is InChI=1S/C25H22N4O4S/c1-12-13(2)28-29(4)25(31)21(12)24-26-14(3)22(34-24)23(30)27-17-11-19-16(10-20(17)32-5)15-8-6-7-9-18(15)33-19/h6-11H,1-5H3,(H,27,30). The summed E-state index contributed by atoms with van der Waals surface area (Å²) in [6.07, 6.45) is 0. The Hall–Kier alpha value is -3.98. The number of methoxy groups -OCH3 is 1. The zero-order chi connectivity index (χ0) is 24.1. The van der Waals surface area contributed by atoms with Crippen LogP contribution in [-0.4, -0.2) is 27.8 Å². The molecule has 9 heteroatoms. The van der Waals surface area contributed by atoms with Gasteiger partial charge in [-0.2, -0.15) is 5.10 Å². The minimum absolute atomic E-state index is 0.249. The second-order valence-electron chi connectivity index (χ2n) is 8.05. The minimum atomic E-state index is -0.338. The lowest BCUT2D eigenvalue weighted by Gasteiger charge is -2.10. The Kier molecular flexibility index (Phi) is 5.21. The number of hydrogen-bond donors (Lipinski definition) is 1. The van der Waals surface area contributed by atoms with Crippen LogP contribution in [0.1, 0.15) is 26.6 Å². The Labute approximate surface area is 198 Å². The molecule has 0 unspecified atom stereocenters. The van der Waals surface area contributed by atoms with Crippen molar-refractivity contribution in [2.45, 2.75) is 20.8 Å². The van der Waals surface area contributed by atoms with E-state index < -0.39 is 0 Å². The van der Waals surface area contributed by atoms with Gasteiger partial charge in [-0.1, -0.05) is 18.2 Å². The molecule has 1 amide bonds. The summed E-state index contributed by atoms with van der Waals surface area (Å²) in [5.74, 6) is 0.180. The van der Waals surface area contributed by atoms with Crippen LogP contribution in [0.25, 0.3) is 32.5 Å². The predicted octanol–water partition coefficient (Wildman–Crippen LogP) is 4.99. The number of carbonyl (C=O) groups is 1. The lowest BCUT2D eigenvalue weighted by Crippen LogP contribution is -2.23. The van der Waals surface area contributed by atoms with Crippen molar-refractivity contribution < 1.29 is 13.9 Å². The number of aromatic nitrogens is 3. The topological polar surface area (TPSA) is 99.2 Å². The molecule has 1 N–H and O–H groups in total. The van der Waals surface area contributed by atoms with E-state index in [0.29, 0.717) is 38.2 Å². The van der Waals surface area contributed by atoms with Crippen molar-refractivity contribution in [3.63, 3.8) is 0 Å². The fourth-order valence-corrected chi connectivity index (χ4v) is 5.07. The number of nitrogens with one attached hydrogen (secondary N) is 1. The Morgan fingerprint density at radius 1 is 1.09 bits per heavy atom. The van der Waals surface area contributed by atoms with E-state index in [1.807, 2.05) is 44.2 Å². The Morgan fingerprint density at radius 2 is 1.85 bits per heavy atom. The van der Waals surface area contributed by atoms with Crippen LogP contribution in [0.5, 0.6) is 5.75 Å². The molecule has 5 rings (SSSR count). The van der Waals surface area contributed by atoms with Crippen LogP contribution in [-0.2, 0) is 7.05 Å². The van der Waals surface area contributed by atoms with Crippen LogP contribution >= 0.6 is 11.3 Å². The Balaban J connectivity index is 1.54. The summed E-state index contributed by atoms with van der Waals surface area (Å²) in [6, 6.07) is 11.4. The van der Waals surface area contributed by atoms with E-state index in [2.05, 4.69) is 15.4 Å². The molecule has 0 saturated carbocycles. The minimum Gasteiger partial charge on any atom is -0.495 e. The summed E-state index contributed by atoms with van der Waals surface area (Å²) < 4.78 is 12.8. The van der Waals surface area contributed by atoms with E-state index in [0.717, 1.165) is 27.6 Å². The fraction of sp³-hybridized carbons (Fsp3) is 0.200. The lowest BCUT2D eigenvalue weighted by atomic mass is 10.1. The van der Waals surface area contributed by atoms with Crippen molar-refractivity contribution in [1.29, 1.82) is 0 Å². The smallest absolute Gasteiger partial charge is 0.277 e. The van der Waals surface area contributed by atoms with Crippen molar-refractivity contribution >= 4 is 44.9 Å². The second-order valence-corrected chi connectivity index (χ2v) is 9.05. The highest BCUT2D eigenvalue weighted by molar-refractivity contribution is 7.17. The van der Waals surface area contributed by atoms with E-state index in [4.69, 9.17) is 9.15 Å². The van der Waals surface area contributed by atoms with Crippen LogP contribution in [0.3, 0.4) is 0 Å². The van der Waals surface area contributed by atoms with Crippen LogP contribution in [0.2, 0.25) is 0 Å². The van der Waals surface area contributed by atoms with E-state index >= 15 is 0 Å². The van der Waals surface area contributed by atoms with Gasteiger partial charge in [0.1, 0.15) is 26.8 Å². The van der Waals surface area contributed by atoms with Crippen LogP contribution in [0.15, 0.2) is 45.6 Å². The maximum Gasteiger partial charge on any atom is 0.277 e. The number of furan rings is 1. The zero-order valence-electron chi connectivity index (χ0n) is 19.3. The van der Waals surface area contributed by atoms with Gasteiger partial charge in [-0.15, -0.1) is 11.3 Å². The second kappa shape index (κ2) is 8.11. The van der Waals surface area contributed by atoms with Crippen LogP contribution in [0, 0.1) is 20.8 Å². The highest BCUT2D eigenvalue weighted by Gasteiger charge is 2.22. The molecule has 172 valence electrons. The monoisotopic (exact) mass is 474 g/mol. The number of ether oxygens (including phenoxy) is 1. The summed E-state index contributed by atoms with van der Waals surface area (Å²) in [7, 11) is 3.16. The number of aryl methyl sites for hydroxylation is 3. The first kappa shape index (κ1) is 21.8. The van der Waals surface area contributed by atoms with Gasteiger partial charge in [0, 0.05) is 23.9 Å². The van der Waals surface area contributed by atoms with Gasteiger partial charge in [0.15, 0.2) is 0 Å². The van der Waals surface area contributed by atoms with Crippen molar-refractivity contribution in [2.75, 3.05) is 12.4 Å². The maximum atomic E-state index is 13.2. The molecule has 8 nitrogen and oxygen atoms in total. The van der Waals surface area contributed by atoms with Gasteiger partial charge < -0.3 is 14.5 Å². The third-order valence-corrected chi connectivity index (χ3v) is 7.06. The van der Waals surface area contributed by atoms with Gasteiger partial charge in [-0.3, -0.25) is 9.59 Å². The highest BCUT2D eigenvalue weighted by atomic mass is 32.1. The normalized spacial score (nSPS) is 11.3. The molecule has 0 bridgehead atoms. The largest absolute Gasteiger partial charge is 0.495 e. The summed E-state index contributed by atoms with van der Waals surface area (Å²) in [5.41, 5.74) is 4.13. The number of fused-ring (bicyclic) bond motifs is 3. The summed E-state index contributed by atoms with van der Waals surface area (Å²) in [6.45, 7) is 5.43. The highest BCUT2D eigenvalue weighted by Crippen LogP contribution is 2.37. The third-order valence-electron chi connectivity index (χ3n) is 5.89. The molecule has 3 aromatic heterocycles. The first-order chi connectivity index (χ1) is 16.3. The first-order valence-electron chi connectivity index (χ1n) is 10.6. The maximum absolute atomic E-state index is 13.2. The molecule has 5 aromatic rings. The molecule has 0 spiro atoms. The number of hydrogen-bond acceptors (Lipinski definition) is 7. The van der Waals surface area contributed by atoms with E-state index in [1.54, 1.807) is 27.1 Å². The summed E-state index contributed by atoms with van der Waals surface area (Å²) in [4.78, 5) is 30.9. The number of para-hydroxylation sites is 1. The average molecular weight is 475 g/mol. The third kappa shape index (κ3) is 3.45. The number of benzene rings is 2. The lowest BCUT2D eigenvalue weighted by molar-refractivity contribution is 0.102. The average Bonchev–Trinajstić information content (AvgIpc) is 3.37. The fourth-order valence-electron chi connectivity index (χ4n) is 4.01. The predicted molar refractivity (Wildman–Crippen MR) is 133 cm³/mol. The number of anilines is 1. The molecule has 0 aliphatic heterocycles. The number of carbonyl (C=O) groups excluding carboxylic acids is 1. The molecule has 0 aliphatic rings. The van der Waals surface area contributed by atoms with Crippen molar-refractivity contribution in [3.05, 3.63) is 68.6 Å². The molecule has 34 heavy (non-hydrogen) atoms. The number of thiazole rings is 1. The van der Waals surface area contributed by atoms with Crippen LogP contribution < -0.4 is 15.6 Å². The van der Waals surface area contributed by atoms with Gasteiger partial charge in [0.2, 0.25) is 0 Å². The quantitative estimate of drug-likeness (QED) is 0.394. The Bertz CT molecular complexity index is 1660. The SMILES string of the molecule is COc1cc2c(cc1NC(=O)c1sc(-c3c(C)c(C)nn(C)c3=O)nc1C)oc1ccccc12. The van der Waals surface area contributed by atoms with E-state index in [1.165, 1.54) is 16.0 Å². The molecule has 3 heterocycles. The number of amides is 1. The van der Waals surface area contributed by atoms with Crippen molar-refractivity contribution in [2.24, 2.45) is 7.05 Å². The van der Waals surface area contributed by atoms with Crippen molar-refractivity contribution in [1.82, 2.24) is 14.8 Å². The van der Waals surface area contributed by atoms with E-state index in [9.17, 15) is 9.59 Å². The van der Waals surface area contributed by atoms with Crippen molar-refractivity contribution in [3.8, 4) is 16.3 Å². The molecule has 0 radical (unpaired) electrons. The summed E-state index contributed by atoms with van der Waals surface area (Å²) in [5, 5.41) is 9.51. The molecule has 0 saturated heterocycles. The number of nitrogens with zero attached hydrogens (tertiary/aromatic N) is 3.